The van der Waals surface area contributed by atoms with Gasteiger partial charge in [-0.2, -0.15) is 0 Å². The van der Waals surface area contributed by atoms with Gasteiger partial charge in [-0.25, -0.2) is 4.68 Å². The maximum atomic E-state index is 10.5. The Bertz CT molecular complexity index is 370. The van der Waals surface area contributed by atoms with Gasteiger partial charge in [-0.1, -0.05) is 5.10 Å². The number of aryl methyl sites for hydroxylation is 1. The fourth-order valence-electron chi connectivity index (χ4n) is 1.79. The highest BCUT2D eigenvalue weighted by atomic mass is 16.4. The number of piperazine rings is 1. The van der Waals surface area contributed by atoms with Crippen LogP contribution in [-0.2, 0) is 11.8 Å². The quantitative estimate of drug-likeness (QED) is 0.665. The van der Waals surface area contributed by atoms with Gasteiger partial charge in [0, 0.05) is 33.2 Å². The molecule has 0 atom stereocenters. The fraction of sp³-hybridized carbons (Fsp3) is 0.750. The van der Waals surface area contributed by atoms with Crippen molar-refractivity contribution in [2.45, 2.75) is 0 Å². The first-order valence-corrected chi connectivity index (χ1v) is 5.08. The van der Waals surface area contributed by atoms with Crippen molar-refractivity contribution in [2.75, 3.05) is 37.6 Å². The molecule has 2 heterocycles. The molecule has 1 aliphatic heterocycles. The molecule has 88 valence electrons. The third kappa shape index (κ3) is 2.27. The Morgan fingerprint density at radius 3 is 2.56 bits per heavy atom. The molecule has 16 heavy (non-hydrogen) atoms. The van der Waals surface area contributed by atoms with Crippen molar-refractivity contribution in [1.82, 2.24) is 25.1 Å². The molecule has 2 rings (SSSR count). The number of tetrazole rings is 1. The Morgan fingerprint density at radius 1 is 1.38 bits per heavy atom. The Kier molecular flexibility index (Phi) is 3.00. The summed E-state index contributed by atoms with van der Waals surface area (Å²) >= 11 is 0. The molecule has 0 spiro atoms. The van der Waals surface area contributed by atoms with Crippen LogP contribution in [0.15, 0.2) is 0 Å². The lowest BCUT2D eigenvalue weighted by atomic mass is 10.3. The molecule has 0 amide bonds. The number of rotatable bonds is 3. The number of carboxylic acid groups (broad SMARTS) is 1. The number of nitrogens with zero attached hydrogens (tertiary/aromatic N) is 6. The van der Waals surface area contributed by atoms with Crippen LogP contribution in [0.1, 0.15) is 0 Å². The largest absolute Gasteiger partial charge is 0.480 e. The molecule has 0 aliphatic carbocycles. The summed E-state index contributed by atoms with van der Waals surface area (Å²) in [4.78, 5) is 14.5. The lowest BCUT2D eigenvalue weighted by Crippen LogP contribution is -2.48. The van der Waals surface area contributed by atoms with Crippen molar-refractivity contribution in [1.29, 1.82) is 0 Å². The van der Waals surface area contributed by atoms with Crippen molar-refractivity contribution < 1.29 is 9.90 Å². The van der Waals surface area contributed by atoms with E-state index in [2.05, 4.69) is 20.4 Å². The van der Waals surface area contributed by atoms with Gasteiger partial charge >= 0.3 is 5.97 Å². The van der Waals surface area contributed by atoms with E-state index in [0.717, 1.165) is 32.1 Å². The number of hydrogen-bond donors (Lipinski definition) is 1. The standard InChI is InChI=1S/C8H14N6O2/c1-12-8(9-10-11-12)14-4-2-13(3-5-14)6-7(15)16/h2-6H2,1H3,(H,15,16). The van der Waals surface area contributed by atoms with Crippen molar-refractivity contribution in [2.24, 2.45) is 7.05 Å². The van der Waals surface area contributed by atoms with E-state index in [4.69, 9.17) is 5.11 Å². The molecule has 0 saturated carbocycles. The van der Waals surface area contributed by atoms with Crippen LogP contribution in [0, 0.1) is 0 Å². The zero-order valence-electron chi connectivity index (χ0n) is 9.07. The van der Waals surface area contributed by atoms with E-state index in [1.165, 1.54) is 0 Å². The monoisotopic (exact) mass is 226 g/mol. The van der Waals surface area contributed by atoms with Gasteiger partial charge in [-0.05, 0) is 10.4 Å². The van der Waals surface area contributed by atoms with Gasteiger partial charge in [-0.15, -0.1) is 0 Å². The van der Waals surface area contributed by atoms with Crippen molar-refractivity contribution in [3.8, 4) is 0 Å². The second-order valence-electron chi connectivity index (χ2n) is 3.76. The first-order chi connectivity index (χ1) is 7.66. The molecule has 8 heteroatoms. The van der Waals surface area contributed by atoms with E-state index in [0.29, 0.717) is 0 Å². The van der Waals surface area contributed by atoms with Gasteiger partial charge in [0.05, 0.1) is 6.54 Å². The lowest BCUT2D eigenvalue weighted by Gasteiger charge is -2.33. The van der Waals surface area contributed by atoms with Crippen LogP contribution in [0.3, 0.4) is 0 Å². The molecule has 1 aromatic rings. The third-order valence-corrected chi connectivity index (χ3v) is 2.61. The van der Waals surface area contributed by atoms with Crippen LogP contribution < -0.4 is 4.90 Å². The van der Waals surface area contributed by atoms with E-state index in [-0.39, 0.29) is 6.54 Å². The lowest BCUT2D eigenvalue weighted by molar-refractivity contribution is -0.138. The molecule has 1 aromatic heterocycles. The van der Waals surface area contributed by atoms with E-state index >= 15 is 0 Å². The Hall–Kier alpha value is -1.70. The molecule has 0 aromatic carbocycles. The summed E-state index contributed by atoms with van der Waals surface area (Å²) in [6, 6.07) is 0. The number of carboxylic acids is 1. The van der Waals surface area contributed by atoms with Crippen molar-refractivity contribution >= 4 is 11.9 Å². The molecule has 1 saturated heterocycles. The molecular formula is C8H14N6O2. The smallest absolute Gasteiger partial charge is 0.317 e. The fourth-order valence-corrected chi connectivity index (χ4v) is 1.79. The number of hydrogen-bond acceptors (Lipinski definition) is 6. The number of aliphatic carboxylic acids is 1. The highest BCUT2D eigenvalue weighted by molar-refractivity contribution is 5.69. The minimum atomic E-state index is -0.784. The predicted molar refractivity (Wildman–Crippen MR) is 55.1 cm³/mol. The molecule has 1 aliphatic rings. The van der Waals surface area contributed by atoms with Crippen LogP contribution in [-0.4, -0.2) is 68.9 Å². The van der Waals surface area contributed by atoms with E-state index in [9.17, 15) is 4.79 Å². The summed E-state index contributed by atoms with van der Waals surface area (Å²) in [5.41, 5.74) is 0. The molecule has 1 fully saturated rings. The molecule has 1 N–H and O–H groups in total. The van der Waals surface area contributed by atoms with Crippen molar-refractivity contribution in [3.05, 3.63) is 0 Å². The van der Waals surface area contributed by atoms with Crippen LogP contribution in [0.4, 0.5) is 5.95 Å². The zero-order valence-corrected chi connectivity index (χ0v) is 9.07. The summed E-state index contributed by atoms with van der Waals surface area (Å²) in [6.45, 7) is 3.05. The summed E-state index contributed by atoms with van der Waals surface area (Å²) in [7, 11) is 1.79. The van der Waals surface area contributed by atoms with E-state index < -0.39 is 5.97 Å². The van der Waals surface area contributed by atoms with Gasteiger partial charge in [0.25, 0.3) is 0 Å². The molecule has 0 radical (unpaired) electrons. The maximum Gasteiger partial charge on any atom is 0.317 e. The number of aromatic nitrogens is 4. The van der Waals surface area contributed by atoms with Gasteiger partial charge in [0.2, 0.25) is 5.95 Å². The SMILES string of the molecule is Cn1nnnc1N1CCN(CC(=O)O)CC1. The summed E-state index contributed by atoms with van der Waals surface area (Å²) in [6.07, 6.45) is 0. The average molecular weight is 226 g/mol. The Labute approximate surface area is 92.4 Å². The highest BCUT2D eigenvalue weighted by Gasteiger charge is 2.21. The number of carbonyl (C=O) groups is 1. The van der Waals surface area contributed by atoms with Crippen LogP contribution >= 0.6 is 0 Å². The second kappa shape index (κ2) is 4.44. The molecule has 8 nitrogen and oxygen atoms in total. The maximum absolute atomic E-state index is 10.5. The molecular weight excluding hydrogens is 212 g/mol. The summed E-state index contributed by atoms with van der Waals surface area (Å²) in [5.74, 6) is -0.0521. The summed E-state index contributed by atoms with van der Waals surface area (Å²) < 4.78 is 1.62. The molecule has 0 unspecified atom stereocenters. The second-order valence-corrected chi connectivity index (χ2v) is 3.76. The normalized spacial score (nSPS) is 17.7. The van der Waals surface area contributed by atoms with Crippen molar-refractivity contribution in [3.63, 3.8) is 0 Å². The highest BCUT2D eigenvalue weighted by Crippen LogP contribution is 2.10. The molecule has 0 bridgehead atoms. The van der Waals surface area contributed by atoms with Gasteiger partial charge in [-0.3, -0.25) is 9.69 Å². The van der Waals surface area contributed by atoms with Gasteiger partial charge in [0.1, 0.15) is 0 Å². The summed E-state index contributed by atoms with van der Waals surface area (Å²) in [5, 5.41) is 19.9. The first-order valence-electron chi connectivity index (χ1n) is 5.08. The van der Waals surface area contributed by atoms with Gasteiger partial charge in [0.15, 0.2) is 0 Å². The topological polar surface area (TPSA) is 87.4 Å². The average Bonchev–Trinajstić information content (AvgIpc) is 2.65. The van der Waals surface area contributed by atoms with E-state index in [1.54, 1.807) is 11.7 Å². The predicted octanol–water partition coefficient (Wildman–Crippen LogP) is -1.58. The zero-order chi connectivity index (χ0) is 11.5. The van der Waals surface area contributed by atoms with Gasteiger partial charge < -0.3 is 10.0 Å². The minimum absolute atomic E-state index is 0.102. The van der Waals surface area contributed by atoms with Crippen LogP contribution in [0.25, 0.3) is 0 Å². The van der Waals surface area contributed by atoms with Crippen LogP contribution in [0.2, 0.25) is 0 Å². The van der Waals surface area contributed by atoms with Crippen LogP contribution in [0.5, 0.6) is 0 Å². The third-order valence-electron chi connectivity index (χ3n) is 2.61. The minimum Gasteiger partial charge on any atom is -0.480 e. The van der Waals surface area contributed by atoms with E-state index in [1.807, 2.05) is 4.90 Å². The Balaban J connectivity index is 1.90. The Morgan fingerprint density at radius 2 is 2.06 bits per heavy atom. The first kappa shape index (κ1) is 10.8. The number of anilines is 1.